The lowest BCUT2D eigenvalue weighted by atomic mass is 9.93. The van der Waals surface area contributed by atoms with Gasteiger partial charge in [-0.3, -0.25) is 13.4 Å². The fourth-order valence-electron chi connectivity index (χ4n) is 2.04. The van der Waals surface area contributed by atoms with E-state index in [1.54, 1.807) is 0 Å². The van der Waals surface area contributed by atoms with E-state index in [2.05, 4.69) is 13.1 Å². The molecule has 1 fully saturated rings. The highest BCUT2D eigenvalue weighted by molar-refractivity contribution is 7.64. The van der Waals surface area contributed by atoms with Crippen LogP contribution in [0.5, 0.6) is 0 Å². The number of aliphatic hydroxyl groups is 2. The van der Waals surface area contributed by atoms with Crippen LogP contribution in [-0.2, 0) is 31.6 Å². The number of ether oxygens (including phenoxy) is 1. The SMILES string of the molecule is CC1(C)O[C@](C)(COP(=O)([O-])OP(=O)([O-])OP(=O)([O-])[O-])C(O)[C@@H]1O. The van der Waals surface area contributed by atoms with Gasteiger partial charge >= 0.3 is 0 Å². The minimum Gasteiger partial charge on any atom is -0.790 e. The molecule has 144 valence electrons. The number of phosphoric ester groups is 1. The zero-order chi connectivity index (χ0) is 19.2. The zero-order valence-electron chi connectivity index (χ0n) is 12.6. The summed E-state index contributed by atoms with van der Waals surface area (Å²) in [5.41, 5.74) is -3.02. The number of phosphoric acid groups is 3. The molecule has 13 nitrogen and oxygen atoms in total. The van der Waals surface area contributed by atoms with Crippen molar-refractivity contribution in [2.24, 2.45) is 0 Å². The lowest BCUT2D eigenvalue weighted by Crippen LogP contribution is -2.44. The largest absolute Gasteiger partial charge is 0.790 e. The Hall–Kier alpha value is 0.290. The van der Waals surface area contributed by atoms with Crippen molar-refractivity contribution < 1.29 is 61.4 Å². The molecule has 24 heavy (non-hydrogen) atoms. The molecule has 2 N–H and O–H groups in total. The number of hydrogen-bond donors (Lipinski definition) is 2. The van der Waals surface area contributed by atoms with E-state index in [9.17, 15) is 43.5 Å². The summed E-state index contributed by atoms with van der Waals surface area (Å²) in [6, 6.07) is 0. The van der Waals surface area contributed by atoms with Crippen LogP contribution in [0.1, 0.15) is 20.8 Å². The fourth-order valence-corrected chi connectivity index (χ4v) is 4.99. The van der Waals surface area contributed by atoms with Crippen molar-refractivity contribution in [2.75, 3.05) is 6.61 Å². The van der Waals surface area contributed by atoms with Crippen molar-refractivity contribution in [3.63, 3.8) is 0 Å². The molecule has 0 bridgehead atoms. The van der Waals surface area contributed by atoms with Crippen molar-refractivity contribution in [1.82, 2.24) is 0 Å². The van der Waals surface area contributed by atoms with Crippen LogP contribution < -0.4 is 19.6 Å². The average molecular weight is 412 g/mol. The Morgan fingerprint density at radius 2 is 1.46 bits per heavy atom. The summed E-state index contributed by atoms with van der Waals surface area (Å²) in [5.74, 6) is 0. The first-order chi connectivity index (χ1) is 10.4. The normalized spacial score (nSPS) is 35.4. The molecule has 0 aromatic heterocycles. The first-order valence-corrected chi connectivity index (χ1v) is 10.6. The van der Waals surface area contributed by atoms with Gasteiger partial charge in [0.15, 0.2) is 0 Å². The molecule has 0 spiro atoms. The van der Waals surface area contributed by atoms with Crippen LogP contribution in [0.15, 0.2) is 0 Å². The molecule has 0 radical (unpaired) electrons. The van der Waals surface area contributed by atoms with Gasteiger partial charge < -0.3 is 43.6 Å². The highest BCUT2D eigenvalue weighted by atomic mass is 31.3. The van der Waals surface area contributed by atoms with Crippen LogP contribution in [0.4, 0.5) is 0 Å². The Morgan fingerprint density at radius 1 is 0.958 bits per heavy atom. The van der Waals surface area contributed by atoms with Gasteiger partial charge in [-0.25, -0.2) is 4.31 Å². The Kier molecular flexibility index (Phi) is 6.32. The summed E-state index contributed by atoms with van der Waals surface area (Å²) in [6.07, 6.45) is -3.00. The molecule has 1 heterocycles. The van der Waals surface area contributed by atoms with Crippen LogP contribution >= 0.6 is 23.5 Å². The van der Waals surface area contributed by atoms with Gasteiger partial charge in [-0.2, -0.15) is 0 Å². The Balaban J connectivity index is 2.77. The monoisotopic (exact) mass is 412 g/mol. The van der Waals surface area contributed by atoms with Crippen molar-refractivity contribution in [2.45, 2.75) is 44.2 Å². The molecule has 0 aromatic carbocycles. The third-order valence-corrected chi connectivity index (χ3v) is 6.69. The number of aliphatic hydroxyl groups excluding tert-OH is 2. The quantitative estimate of drug-likeness (QED) is 0.401. The van der Waals surface area contributed by atoms with E-state index in [0.717, 1.165) is 0 Å². The molecule has 1 saturated heterocycles. The number of rotatable bonds is 7. The van der Waals surface area contributed by atoms with Crippen molar-refractivity contribution in [3.8, 4) is 0 Å². The van der Waals surface area contributed by atoms with E-state index >= 15 is 0 Å². The molecule has 3 unspecified atom stereocenters. The summed E-state index contributed by atoms with van der Waals surface area (Å²) >= 11 is 0. The minimum atomic E-state index is -6.08. The maximum atomic E-state index is 11.4. The summed E-state index contributed by atoms with van der Waals surface area (Å²) in [7, 11) is -17.8. The second-order valence-electron chi connectivity index (χ2n) is 5.69. The molecule has 1 rings (SSSR count). The molecular formula is C8H15O13P3-4. The Labute approximate surface area is 136 Å². The molecular weight excluding hydrogens is 397 g/mol. The second kappa shape index (κ2) is 6.79. The van der Waals surface area contributed by atoms with Crippen molar-refractivity contribution in [3.05, 3.63) is 0 Å². The summed E-state index contributed by atoms with van der Waals surface area (Å²) in [6.45, 7) is 2.99. The van der Waals surface area contributed by atoms with Gasteiger partial charge in [0, 0.05) is 0 Å². The van der Waals surface area contributed by atoms with Gasteiger partial charge in [0.05, 0.1) is 20.0 Å². The summed E-state index contributed by atoms with van der Waals surface area (Å²) in [5, 5.41) is 19.7. The van der Waals surface area contributed by atoms with E-state index in [1.807, 2.05) is 0 Å². The zero-order valence-corrected chi connectivity index (χ0v) is 15.3. The molecule has 1 aliphatic rings. The van der Waals surface area contributed by atoms with Crippen LogP contribution in [0.25, 0.3) is 0 Å². The van der Waals surface area contributed by atoms with E-state index in [4.69, 9.17) is 4.74 Å². The fraction of sp³-hybridized carbons (Fsp3) is 1.00. The molecule has 0 aliphatic carbocycles. The molecule has 0 saturated carbocycles. The van der Waals surface area contributed by atoms with Crippen LogP contribution in [0.3, 0.4) is 0 Å². The maximum absolute atomic E-state index is 11.4. The van der Waals surface area contributed by atoms with Gasteiger partial charge in [-0.1, -0.05) is 0 Å². The van der Waals surface area contributed by atoms with Gasteiger partial charge in [-0.05, 0) is 20.8 Å². The molecule has 0 amide bonds. The molecule has 5 atom stereocenters. The van der Waals surface area contributed by atoms with Gasteiger partial charge in [-0.15, -0.1) is 0 Å². The van der Waals surface area contributed by atoms with Gasteiger partial charge in [0.2, 0.25) is 0 Å². The lowest BCUT2D eigenvalue weighted by molar-refractivity contribution is -0.339. The first kappa shape index (κ1) is 22.3. The van der Waals surface area contributed by atoms with E-state index in [-0.39, 0.29) is 0 Å². The second-order valence-corrected chi connectivity index (χ2v) is 9.93. The molecule has 1 aliphatic heterocycles. The average Bonchev–Trinajstić information content (AvgIpc) is 2.43. The molecule has 16 heteroatoms. The highest BCUT2D eigenvalue weighted by Gasteiger charge is 2.55. The van der Waals surface area contributed by atoms with E-state index < -0.39 is 53.5 Å². The standard InChI is InChI=1S/C8H19O13P3/c1-7(2)5(9)6(10)8(3,19-7)4-18-23(14,15)21-24(16,17)20-22(11,12)13/h5-6,9-10H,4H2,1-3H3,(H,14,15)(H,16,17)(H2,11,12,13)/p-4/t5-,6?,8+/m0/s1. The van der Waals surface area contributed by atoms with Crippen molar-refractivity contribution in [1.29, 1.82) is 0 Å². The lowest BCUT2D eigenvalue weighted by Gasteiger charge is -2.38. The Morgan fingerprint density at radius 3 is 1.83 bits per heavy atom. The first-order valence-electron chi connectivity index (χ1n) is 6.17. The summed E-state index contributed by atoms with van der Waals surface area (Å²) < 4.78 is 48.5. The third kappa shape index (κ3) is 5.93. The van der Waals surface area contributed by atoms with Crippen LogP contribution in [0, 0.1) is 0 Å². The third-order valence-electron chi connectivity index (χ3n) is 3.04. The van der Waals surface area contributed by atoms with Crippen molar-refractivity contribution >= 4 is 23.5 Å². The Bertz CT molecular complexity index is 612. The van der Waals surface area contributed by atoms with Crippen LogP contribution in [0.2, 0.25) is 0 Å². The maximum Gasteiger partial charge on any atom is 0.278 e. The van der Waals surface area contributed by atoms with E-state index in [1.165, 1.54) is 20.8 Å². The molecule has 0 aromatic rings. The topological polar surface area (TPSA) is 221 Å². The van der Waals surface area contributed by atoms with Gasteiger partial charge in [0.25, 0.3) is 15.6 Å². The van der Waals surface area contributed by atoms with E-state index in [0.29, 0.717) is 0 Å². The smallest absolute Gasteiger partial charge is 0.278 e. The number of hydrogen-bond acceptors (Lipinski definition) is 13. The predicted octanol–water partition coefficient (Wildman–Crippen LogP) is -2.91. The van der Waals surface area contributed by atoms with Gasteiger partial charge in [0.1, 0.15) is 17.8 Å². The minimum absolute atomic E-state index is 0.984. The van der Waals surface area contributed by atoms with Crippen LogP contribution in [-0.4, -0.2) is 40.2 Å². The summed E-state index contributed by atoms with van der Waals surface area (Å²) in [4.78, 5) is 42.8. The highest BCUT2D eigenvalue weighted by Crippen LogP contribution is 2.60. The predicted molar refractivity (Wildman–Crippen MR) is 66.5 cm³/mol.